The minimum atomic E-state index is -0.844. The van der Waals surface area contributed by atoms with Crippen molar-refractivity contribution in [3.63, 3.8) is 0 Å². The van der Waals surface area contributed by atoms with Gasteiger partial charge in [0.2, 0.25) is 5.91 Å². The van der Waals surface area contributed by atoms with E-state index in [0.29, 0.717) is 12.8 Å². The molecule has 2 amide bonds. The van der Waals surface area contributed by atoms with Gasteiger partial charge in [-0.3, -0.25) is 14.4 Å². The van der Waals surface area contributed by atoms with Crippen LogP contribution in [0.5, 0.6) is 0 Å². The lowest BCUT2D eigenvalue weighted by molar-refractivity contribution is -0.151. The Morgan fingerprint density at radius 2 is 1.91 bits per heavy atom. The molecule has 126 valence electrons. The predicted molar refractivity (Wildman–Crippen MR) is 81.8 cm³/mol. The summed E-state index contributed by atoms with van der Waals surface area (Å²) in [6.07, 6.45) is 5.49. The first-order valence-corrected chi connectivity index (χ1v) is 7.85. The third-order valence-electron chi connectivity index (χ3n) is 4.27. The van der Waals surface area contributed by atoms with Crippen molar-refractivity contribution in [1.82, 2.24) is 10.6 Å². The van der Waals surface area contributed by atoms with E-state index >= 15 is 0 Å². The normalized spacial score (nSPS) is 16.5. The second-order valence-electron chi connectivity index (χ2n) is 5.91. The Labute approximate surface area is 134 Å². The highest BCUT2D eigenvalue weighted by molar-refractivity contribution is 5.91. The van der Waals surface area contributed by atoms with E-state index in [1.807, 2.05) is 0 Å². The monoisotopic (exact) mass is 322 g/mol. The van der Waals surface area contributed by atoms with Crippen LogP contribution in [0.2, 0.25) is 0 Å². The maximum atomic E-state index is 11.8. The van der Waals surface area contributed by atoms with Crippen LogP contribution in [0.15, 0.2) is 22.8 Å². The van der Waals surface area contributed by atoms with Crippen LogP contribution in [0.25, 0.3) is 0 Å². The van der Waals surface area contributed by atoms with E-state index in [2.05, 4.69) is 10.6 Å². The number of furan rings is 1. The molecule has 1 aliphatic carbocycles. The van der Waals surface area contributed by atoms with Gasteiger partial charge in [-0.25, -0.2) is 0 Å². The van der Waals surface area contributed by atoms with Crippen LogP contribution in [0, 0.1) is 5.41 Å². The predicted octanol–water partition coefficient (Wildman–Crippen LogP) is 1.55. The average molecular weight is 322 g/mol. The Balaban J connectivity index is 1.72. The molecule has 0 spiro atoms. The summed E-state index contributed by atoms with van der Waals surface area (Å²) in [6, 6.07) is 3.15. The summed E-state index contributed by atoms with van der Waals surface area (Å²) in [7, 11) is 0. The average Bonchev–Trinajstić information content (AvgIpc) is 3.08. The minimum absolute atomic E-state index is 0.0994. The summed E-state index contributed by atoms with van der Waals surface area (Å²) in [5.74, 6) is -1.30. The van der Waals surface area contributed by atoms with Gasteiger partial charge in [-0.15, -0.1) is 0 Å². The van der Waals surface area contributed by atoms with Crippen molar-refractivity contribution in [3.05, 3.63) is 24.2 Å². The zero-order valence-corrected chi connectivity index (χ0v) is 13.0. The van der Waals surface area contributed by atoms with Gasteiger partial charge >= 0.3 is 5.97 Å². The highest BCUT2D eigenvalue weighted by atomic mass is 16.4. The molecular weight excluding hydrogens is 300 g/mol. The molecule has 23 heavy (non-hydrogen) atoms. The molecule has 1 fully saturated rings. The lowest BCUT2D eigenvalue weighted by atomic mass is 9.74. The number of aliphatic carboxylic acids is 1. The first-order valence-electron chi connectivity index (χ1n) is 7.85. The van der Waals surface area contributed by atoms with Crippen LogP contribution < -0.4 is 10.6 Å². The summed E-state index contributed by atoms with van der Waals surface area (Å²) >= 11 is 0. The van der Waals surface area contributed by atoms with Gasteiger partial charge in [-0.05, 0) is 25.0 Å². The summed E-state index contributed by atoms with van der Waals surface area (Å²) < 4.78 is 4.94. The fourth-order valence-corrected chi connectivity index (χ4v) is 2.84. The summed E-state index contributed by atoms with van der Waals surface area (Å²) in [5.41, 5.74) is -0.842. The van der Waals surface area contributed by atoms with E-state index in [1.165, 1.54) is 12.3 Å². The van der Waals surface area contributed by atoms with E-state index < -0.39 is 11.4 Å². The van der Waals surface area contributed by atoms with Crippen LogP contribution in [0.3, 0.4) is 0 Å². The quantitative estimate of drug-likeness (QED) is 0.706. The van der Waals surface area contributed by atoms with Crippen molar-refractivity contribution in [2.24, 2.45) is 5.41 Å². The molecule has 1 saturated carbocycles. The lowest BCUT2D eigenvalue weighted by Crippen LogP contribution is -2.44. The van der Waals surface area contributed by atoms with Gasteiger partial charge in [0.25, 0.3) is 5.91 Å². The Morgan fingerprint density at radius 1 is 1.17 bits per heavy atom. The van der Waals surface area contributed by atoms with E-state index in [0.717, 1.165) is 19.3 Å². The molecule has 0 saturated heterocycles. The number of amides is 2. The zero-order chi connectivity index (χ0) is 16.7. The van der Waals surface area contributed by atoms with E-state index in [9.17, 15) is 19.5 Å². The number of nitrogens with one attached hydrogen (secondary N) is 2. The van der Waals surface area contributed by atoms with E-state index in [4.69, 9.17) is 4.42 Å². The zero-order valence-electron chi connectivity index (χ0n) is 13.0. The lowest BCUT2D eigenvalue weighted by Gasteiger charge is -2.33. The molecule has 1 aromatic heterocycles. The number of rotatable bonds is 7. The molecule has 7 nitrogen and oxygen atoms in total. The smallest absolute Gasteiger partial charge is 0.311 e. The van der Waals surface area contributed by atoms with Crippen LogP contribution in [-0.2, 0) is 9.59 Å². The van der Waals surface area contributed by atoms with Crippen molar-refractivity contribution >= 4 is 17.8 Å². The summed E-state index contributed by atoms with van der Waals surface area (Å²) in [6.45, 7) is 0.318. The van der Waals surface area contributed by atoms with Gasteiger partial charge in [0, 0.05) is 19.5 Å². The molecule has 7 heteroatoms. The highest BCUT2D eigenvalue weighted by Gasteiger charge is 2.39. The number of hydrogen-bond acceptors (Lipinski definition) is 4. The van der Waals surface area contributed by atoms with Crippen molar-refractivity contribution in [2.75, 3.05) is 13.1 Å². The second kappa shape index (κ2) is 7.80. The number of carboxylic acids is 1. The first kappa shape index (κ1) is 17.1. The van der Waals surface area contributed by atoms with Crippen molar-refractivity contribution in [1.29, 1.82) is 0 Å². The second-order valence-corrected chi connectivity index (χ2v) is 5.91. The molecule has 0 aromatic carbocycles. The number of carbonyl (C=O) groups excluding carboxylic acids is 2. The SMILES string of the molecule is O=C(CCNC(=O)c1ccco1)NCC1(C(=O)O)CCCCC1. The topological polar surface area (TPSA) is 109 Å². The van der Waals surface area contributed by atoms with E-state index in [1.54, 1.807) is 6.07 Å². The molecule has 0 bridgehead atoms. The number of hydrogen-bond donors (Lipinski definition) is 3. The van der Waals surface area contributed by atoms with Gasteiger partial charge < -0.3 is 20.2 Å². The fraction of sp³-hybridized carbons (Fsp3) is 0.562. The first-order chi connectivity index (χ1) is 11.0. The molecule has 2 rings (SSSR count). The Bertz CT molecular complexity index is 547. The molecule has 0 unspecified atom stereocenters. The van der Waals surface area contributed by atoms with Crippen LogP contribution in [0.1, 0.15) is 49.1 Å². The van der Waals surface area contributed by atoms with Crippen LogP contribution >= 0.6 is 0 Å². The third kappa shape index (κ3) is 4.58. The largest absolute Gasteiger partial charge is 0.481 e. The molecule has 1 aromatic rings. The maximum absolute atomic E-state index is 11.8. The highest BCUT2D eigenvalue weighted by Crippen LogP contribution is 2.35. The molecule has 1 heterocycles. The van der Waals surface area contributed by atoms with Gasteiger partial charge in [0.1, 0.15) is 0 Å². The molecule has 0 aliphatic heterocycles. The van der Waals surface area contributed by atoms with E-state index in [-0.39, 0.29) is 37.1 Å². The fourth-order valence-electron chi connectivity index (χ4n) is 2.84. The standard InChI is InChI=1S/C16H22N2O5/c19-13(6-9-17-14(20)12-5-4-10-23-12)18-11-16(15(21)22)7-2-1-3-8-16/h4-5,10H,1-3,6-9,11H2,(H,17,20)(H,18,19)(H,21,22). The summed E-state index contributed by atoms with van der Waals surface area (Å²) in [4.78, 5) is 35.0. The Morgan fingerprint density at radius 3 is 2.52 bits per heavy atom. The van der Waals surface area contributed by atoms with Crippen LogP contribution in [0.4, 0.5) is 0 Å². The van der Waals surface area contributed by atoms with Crippen LogP contribution in [-0.4, -0.2) is 36.0 Å². The maximum Gasteiger partial charge on any atom is 0.311 e. The molecule has 0 radical (unpaired) electrons. The Hall–Kier alpha value is -2.31. The van der Waals surface area contributed by atoms with Crippen molar-refractivity contribution in [2.45, 2.75) is 38.5 Å². The van der Waals surface area contributed by atoms with Gasteiger partial charge in [-0.1, -0.05) is 19.3 Å². The van der Waals surface area contributed by atoms with Gasteiger partial charge in [0.15, 0.2) is 5.76 Å². The summed E-state index contributed by atoms with van der Waals surface area (Å²) in [5, 5.41) is 14.7. The van der Waals surface area contributed by atoms with Gasteiger partial charge in [0.05, 0.1) is 11.7 Å². The minimum Gasteiger partial charge on any atom is -0.481 e. The van der Waals surface area contributed by atoms with Crippen molar-refractivity contribution < 1.29 is 23.9 Å². The van der Waals surface area contributed by atoms with Gasteiger partial charge in [-0.2, -0.15) is 0 Å². The van der Waals surface area contributed by atoms with Crippen molar-refractivity contribution in [3.8, 4) is 0 Å². The number of carboxylic acid groups (broad SMARTS) is 1. The molecule has 3 N–H and O–H groups in total. The third-order valence-corrected chi connectivity index (χ3v) is 4.27. The number of carbonyl (C=O) groups is 3. The molecular formula is C16H22N2O5. The Kier molecular flexibility index (Phi) is 5.78. The molecule has 1 aliphatic rings. The molecule has 0 atom stereocenters.